The van der Waals surface area contributed by atoms with Crippen LogP contribution in [0.2, 0.25) is 0 Å². The van der Waals surface area contributed by atoms with Gasteiger partial charge < -0.3 is 10.5 Å². The van der Waals surface area contributed by atoms with Crippen molar-refractivity contribution in [2.75, 3.05) is 5.73 Å². The second-order valence-corrected chi connectivity index (χ2v) is 6.76. The van der Waals surface area contributed by atoms with Gasteiger partial charge in [-0.3, -0.25) is 9.36 Å². The number of hydrogen-bond donors (Lipinski definition) is 1. The number of fused-ring (bicyclic) bond motifs is 1. The van der Waals surface area contributed by atoms with E-state index in [2.05, 4.69) is 9.97 Å². The molecule has 0 aliphatic carbocycles. The summed E-state index contributed by atoms with van der Waals surface area (Å²) in [4.78, 5) is 33.0. The lowest BCUT2D eigenvalue weighted by atomic mass is 10.2. The summed E-state index contributed by atoms with van der Waals surface area (Å²) in [6, 6.07) is 3.87. The molecule has 3 aromatic rings. The summed E-state index contributed by atoms with van der Waals surface area (Å²) in [6.07, 6.45) is 1.86. The molecule has 2 heterocycles. The number of carbonyl (C=O) groups excluding carboxylic acids is 1. The van der Waals surface area contributed by atoms with Gasteiger partial charge in [-0.05, 0) is 32.9 Å². The molecule has 0 bridgehead atoms. The lowest BCUT2D eigenvalue weighted by Crippen LogP contribution is -2.30. The van der Waals surface area contributed by atoms with Gasteiger partial charge in [-0.15, -0.1) is 0 Å². The van der Waals surface area contributed by atoms with Gasteiger partial charge in [0.25, 0.3) is 5.56 Å². The van der Waals surface area contributed by atoms with E-state index in [1.54, 1.807) is 20.8 Å². The van der Waals surface area contributed by atoms with Crippen LogP contribution >= 0.6 is 0 Å². The topological polar surface area (TPSA) is 105 Å². The van der Waals surface area contributed by atoms with E-state index >= 15 is 0 Å². The van der Waals surface area contributed by atoms with Crippen molar-refractivity contribution in [1.82, 2.24) is 19.1 Å². The first-order valence-corrected chi connectivity index (χ1v) is 7.86. The fourth-order valence-corrected chi connectivity index (χ4v) is 2.45. The number of imidazole rings is 1. The van der Waals surface area contributed by atoms with E-state index in [4.69, 9.17) is 10.5 Å². The molecule has 0 saturated carbocycles. The van der Waals surface area contributed by atoms with Gasteiger partial charge in [-0.1, -0.05) is 0 Å². The van der Waals surface area contributed by atoms with E-state index in [9.17, 15) is 14.0 Å². The van der Waals surface area contributed by atoms with Crippen molar-refractivity contribution in [3.05, 3.63) is 52.7 Å². The Morgan fingerprint density at radius 2 is 2.08 bits per heavy atom. The second-order valence-electron chi connectivity index (χ2n) is 6.76. The quantitative estimate of drug-likeness (QED) is 0.752. The van der Waals surface area contributed by atoms with Gasteiger partial charge in [-0.25, -0.2) is 23.7 Å². The predicted octanol–water partition coefficient (Wildman–Crippen LogP) is 2.15. The molecule has 0 fully saturated rings. The molecule has 0 amide bonds. The smallest absolute Gasteiger partial charge is 0.420 e. The van der Waals surface area contributed by atoms with Crippen LogP contribution in [0.25, 0.3) is 11.0 Å². The van der Waals surface area contributed by atoms with Crippen molar-refractivity contribution >= 4 is 22.8 Å². The summed E-state index contributed by atoms with van der Waals surface area (Å²) < 4.78 is 21.4. The number of anilines is 1. The van der Waals surface area contributed by atoms with Crippen LogP contribution < -0.4 is 11.3 Å². The zero-order valence-electron chi connectivity index (χ0n) is 14.6. The number of ether oxygens (including phenoxy) is 1. The lowest BCUT2D eigenvalue weighted by molar-refractivity contribution is 0.0538. The maximum atomic E-state index is 13.5. The van der Waals surface area contributed by atoms with E-state index in [1.165, 1.54) is 39.9 Å². The molecule has 9 heteroatoms. The van der Waals surface area contributed by atoms with E-state index in [0.717, 1.165) is 0 Å². The van der Waals surface area contributed by atoms with E-state index < -0.39 is 23.1 Å². The Hall–Kier alpha value is -3.23. The fourth-order valence-electron chi connectivity index (χ4n) is 2.45. The minimum Gasteiger partial charge on any atom is -0.443 e. The van der Waals surface area contributed by atoms with Crippen LogP contribution in [0, 0.1) is 5.82 Å². The fraction of sp³-hybridized carbons (Fsp3) is 0.294. The molecule has 0 aliphatic heterocycles. The molecule has 136 valence electrons. The Morgan fingerprint density at radius 1 is 1.35 bits per heavy atom. The van der Waals surface area contributed by atoms with Crippen LogP contribution in [0.1, 0.15) is 26.6 Å². The molecule has 0 saturated heterocycles. The third-order valence-corrected chi connectivity index (χ3v) is 3.50. The SMILES string of the molecule is CC(C)(C)OC(=O)n1c(Cn2cncc(N)c2=O)nc2cc(F)ccc21. The molecule has 8 nitrogen and oxygen atoms in total. The Labute approximate surface area is 148 Å². The number of nitrogens with two attached hydrogens (primary N) is 1. The number of nitrogens with zero attached hydrogens (tertiary/aromatic N) is 4. The highest BCUT2D eigenvalue weighted by Crippen LogP contribution is 2.20. The number of carbonyl (C=O) groups is 1. The van der Waals surface area contributed by atoms with E-state index in [-0.39, 0.29) is 23.6 Å². The average Bonchev–Trinajstić information content (AvgIpc) is 2.87. The van der Waals surface area contributed by atoms with Crippen LogP contribution in [0.5, 0.6) is 0 Å². The summed E-state index contributed by atoms with van der Waals surface area (Å²) in [5.74, 6) is -0.282. The highest BCUT2D eigenvalue weighted by Gasteiger charge is 2.23. The highest BCUT2D eigenvalue weighted by molar-refractivity contribution is 5.87. The number of nitrogen functional groups attached to an aromatic ring is 1. The monoisotopic (exact) mass is 359 g/mol. The minimum absolute atomic E-state index is 0.0292. The summed E-state index contributed by atoms with van der Waals surface area (Å²) in [5.41, 5.74) is 5.01. The van der Waals surface area contributed by atoms with Crippen molar-refractivity contribution < 1.29 is 13.9 Å². The van der Waals surface area contributed by atoms with Gasteiger partial charge in [0.05, 0.1) is 30.1 Å². The maximum Gasteiger partial charge on any atom is 0.420 e. The van der Waals surface area contributed by atoms with Crippen molar-refractivity contribution in [2.24, 2.45) is 0 Å². The van der Waals surface area contributed by atoms with Gasteiger partial charge in [-0.2, -0.15) is 0 Å². The number of halogens is 1. The van der Waals surface area contributed by atoms with Crippen molar-refractivity contribution in [3.8, 4) is 0 Å². The molecule has 0 aliphatic rings. The molecule has 0 spiro atoms. The van der Waals surface area contributed by atoms with E-state index in [0.29, 0.717) is 5.52 Å². The summed E-state index contributed by atoms with van der Waals surface area (Å²) in [5, 5.41) is 0. The van der Waals surface area contributed by atoms with Crippen molar-refractivity contribution in [2.45, 2.75) is 32.9 Å². The maximum absolute atomic E-state index is 13.5. The molecule has 3 rings (SSSR count). The van der Waals surface area contributed by atoms with Crippen LogP contribution in [-0.4, -0.2) is 30.8 Å². The largest absolute Gasteiger partial charge is 0.443 e. The Bertz CT molecular complexity index is 1050. The molecule has 0 unspecified atom stereocenters. The van der Waals surface area contributed by atoms with Gasteiger partial charge in [0.2, 0.25) is 0 Å². The summed E-state index contributed by atoms with van der Waals surface area (Å²) >= 11 is 0. The molecule has 2 N–H and O–H groups in total. The third-order valence-electron chi connectivity index (χ3n) is 3.50. The first-order chi connectivity index (χ1) is 12.2. The number of rotatable bonds is 2. The number of benzene rings is 1. The van der Waals surface area contributed by atoms with Crippen LogP contribution in [0.4, 0.5) is 14.9 Å². The normalized spacial score (nSPS) is 11.7. The van der Waals surface area contributed by atoms with Gasteiger partial charge in [0.1, 0.15) is 22.9 Å². The van der Waals surface area contributed by atoms with Crippen molar-refractivity contribution in [1.29, 1.82) is 0 Å². The first-order valence-electron chi connectivity index (χ1n) is 7.86. The van der Waals surface area contributed by atoms with Crippen LogP contribution in [0.3, 0.4) is 0 Å². The summed E-state index contributed by atoms with van der Waals surface area (Å²) in [7, 11) is 0. The number of aromatic nitrogens is 4. The second kappa shape index (κ2) is 6.25. The first kappa shape index (κ1) is 17.6. The van der Waals surface area contributed by atoms with Gasteiger partial charge in [0, 0.05) is 6.07 Å². The number of hydrogen-bond acceptors (Lipinski definition) is 6. The molecule has 1 aromatic carbocycles. The Kier molecular flexibility index (Phi) is 4.23. The van der Waals surface area contributed by atoms with Crippen molar-refractivity contribution in [3.63, 3.8) is 0 Å². The highest BCUT2D eigenvalue weighted by atomic mass is 19.1. The molecule has 0 atom stereocenters. The molecule has 2 aromatic heterocycles. The molecule has 26 heavy (non-hydrogen) atoms. The lowest BCUT2D eigenvalue weighted by Gasteiger charge is -2.20. The zero-order valence-corrected chi connectivity index (χ0v) is 14.6. The average molecular weight is 359 g/mol. The van der Waals surface area contributed by atoms with Crippen LogP contribution in [0.15, 0.2) is 35.5 Å². The van der Waals surface area contributed by atoms with Crippen LogP contribution in [-0.2, 0) is 11.3 Å². The zero-order chi connectivity index (χ0) is 19.1. The minimum atomic E-state index is -0.736. The molecular weight excluding hydrogens is 341 g/mol. The third kappa shape index (κ3) is 3.41. The Balaban J connectivity index is 2.14. The summed E-state index contributed by atoms with van der Waals surface area (Å²) in [6.45, 7) is 5.12. The van der Waals surface area contributed by atoms with Gasteiger partial charge in [0.15, 0.2) is 0 Å². The Morgan fingerprint density at radius 3 is 2.77 bits per heavy atom. The van der Waals surface area contributed by atoms with E-state index in [1.807, 2.05) is 0 Å². The standard InChI is InChI=1S/C17H18FN5O3/c1-17(2,3)26-16(25)23-13-5-4-10(18)6-12(13)21-14(23)8-22-9-20-7-11(19)15(22)24/h4-7,9H,8,19H2,1-3H3. The molecule has 0 radical (unpaired) electrons. The van der Waals surface area contributed by atoms with Gasteiger partial charge >= 0.3 is 6.09 Å². The predicted molar refractivity (Wildman–Crippen MR) is 93.3 cm³/mol. The molecular formula is C17H18FN5O3.